The highest BCUT2D eigenvalue weighted by Gasteiger charge is 2.18. The Bertz CT molecular complexity index is 448. The third-order valence-corrected chi connectivity index (χ3v) is 2.77. The highest BCUT2D eigenvalue weighted by Crippen LogP contribution is 2.35. The van der Waals surface area contributed by atoms with Gasteiger partial charge in [0, 0.05) is 12.6 Å². The monoisotopic (exact) mass is 312 g/mol. The molecule has 0 saturated carbocycles. The van der Waals surface area contributed by atoms with Crippen molar-refractivity contribution in [3.05, 3.63) is 17.7 Å². The summed E-state index contributed by atoms with van der Waals surface area (Å²) in [4.78, 5) is 11.9. The van der Waals surface area contributed by atoms with Gasteiger partial charge in [0.2, 0.25) is 0 Å². The summed E-state index contributed by atoms with van der Waals surface area (Å²) in [6.07, 6.45) is 0. The maximum absolute atomic E-state index is 11.9. The van der Waals surface area contributed by atoms with E-state index in [1.165, 1.54) is 21.3 Å². The Balaban J connectivity index is 0.000000763. The maximum Gasteiger partial charge on any atom is 0.255 e. The Labute approximate surface area is 133 Å². The second-order valence-corrected chi connectivity index (χ2v) is 4.23. The first-order valence-electron chi connectivity index (χ1n) is 7.38. The first-order chi connectivity index (χ1) is 10.6. The van der Waals surface area contributed by atoms with E-state index in [1.54, 1.807) is 12.1 Å². The summed E-state index contributed by atoms with van der Waals surface area (Å²) in [5.74, 6) is 1.19. The zero-order valence-electron chi connectivity index (χ0n) is 14.4. The van der Waals surface area contributed by atoms with Crippen LogP contribution in [0.3, 0.4) is 0 Å². The summed E-state index contributed by atoms with van der Waals surface area (Å²) in [5, 5.41) is 5.82. The van der Waals surface area contributed by atoms with Crippen molar-refractivity contribution < 1.29 is 19.0 Å². The van der Waals surface area contributed by atoms with Crippen molar-refractivity contribution in [1.29, 1.82) is 0 Å². The molecule has 0 aromatic heterocycles. The third-order valence-electron chi connectivity index (χ3n) is 2.77. The van der Waals surface area contributed by atoms with E-state index >= 15 is 0 Å². The zero-order valence-corrected chi connectivity index (χ0v) is 14.4. The number of rotatable bonds is 7. The lowest BCUT2D eigenvalue weighted by molar-refractivity contribution is 0.0951. The van der Waals surface area contributed by atoms with Crippen LogP contribution in [0.2, 0.25) is 0 Å². The van der Waals surface area contributed by atoms with E-state index in [-0.39, 0.29) is 5.91 Å². The van der Waals surface area contributed by atoms with Crippen LogP contribution in [0.4, 0.5) is 0 Å². The molecule has 1 aromatic rings. The fraction of sp³-hybridized carbons (Fsp3) is 0.562. The van der Waals surface area contributed by atoms with E-state index in [2.05, 4.69) is 24.5 Å². The number of hydrogen-bond donors (Lipinski definition) is 2. The summed E-state index contributed by atoms with van der Waals surface area (Å²) in [6.45, 7) is 8.78. The zero-order chi connectivity index (χ0) is 17.0. The van der Waals surface area contributed by atoms with Crippen LogP contribution in [0.1, 0.15) is 31.1 Å². The van der Waals surface area contributed by atoms with Crippen molar-refractivity contribution >= 4 is 5.91 Å². The van der Waals surface area contributed by atoms with Crippen LogP contribution in [0.5, 0.6) is 17.2 Å². The summed E-state index contributed by atoms with van der Waals surface area (Å²) < 4.78 is 15.5. The largest absolute Gasteiger partial charge is 0.497 e. The minimum Gasteiger partial charge on any atom is -0.497 e. The molecule has 6 nitrogen and oxygen atoms in total. The average molecular weight is 312 g/mol. The second-order valence-electron chi connectivity index (χ2n) is 4.23. The number of nitrogens with one attached hydrogen (secondary N) is 2. The van der Waals surface area contributed by atoms with Gasteiger partial charge in [-0.1, -0.05) is 13.8 Å². The van der Waals surface area contributed by atoms with Crippen LogP contribution < -0.4 is 24.8 Å². The highest BCUT2D eigenvalue weighted by molar-refractivity contribution is 5.98. The molecule has 6 heteroatoms. The first-order valence-corrected chi connectivity index (χ1v) is 7.38. The number of benzene rings is 1. The lowest BCUT2D eigenvalue weighted by atomic mass is 10.1. The molecule has 22 heavy (non-hydrogen) atoms. The minimum absolute atomic E-state index is 0.221. The summed E-state index contributed by atoms with van der Waals surface area (Å²) in [6, 6.07) is 3.29. The van der Waals surface area contributed by atoms with Gasteiger partial charge in [-0.2, -0.15) is 0 Å². The van der Waals surface area contributed by atoms with Crippen molar-refractivity contribution in [2.75, 3.05) is 41.0 Å². The molecule has 0 atom stereocenters. The Hall–Kier alpha value is -1.95. The lowest BCUT2D eigenvalue weighted by Gasteiger charge is -2.14. The van der Waals surface area contributed by atoms with Gasteiger partial charge in [-0.05, 0) is 26.1 Å². The van der Waals surface area contributed by atoms with Crippen molar-refractivity contribution in [3.63, 3.8) is 0 Å². The molecule has 0 saturated heterocycles. The molecule has 1 rings (SSSR count). The number of hydrogen-bond acceptors (Lipinski definition) is 5. The van der Waals surface area contributed by atoms with E-state index in [4.69, 9.17) is 14.2 Å². The van der Waals surface area contributed by atoms with Gasteiger partial charge in [-0.15, -0.1) is 0 Å². The predicted octanol–water partition coefficient (Wildman–Crippen LogP) is 2.08. The molecular weight excluding hydrogens is 284 g/mol. The Morgan fingerprint density at radius 2 is 1.59 bits per heavy atom. The number of methoxy groups -OCH3 is 3. The summed E-state index contributed by atoms with van der Waals surface area (Å²) >= 11 is 0. The standard InChI is InChI=1S/C12H17NO4.C4H11N/c1-5-13-12(14)9-6-8(15-2)7-10(16-3)11(9)17-4;1-3-5-4-2/h6-7H,5H2,1-4H3,(H,13,14);5H,3-4H2,1-2H3. The van der Waals surface area contributed by atoms with Crippen molar-refractivity contribution in [3.8, 4) is 17.2 Å². The van der Waals surface area contributed by atoms with Gasteiger partial charge >= 0.3 is 0 Å². The first kappa shape index (κ1) is 20.1. The topological polar surface area (TPSA) is 68.8 Å². The summed E-state index contributed by atoms with van der Waals surface area (Å²) in [7, 11) is 4.54. The van der Waals surface area contributed by atoms with Crippen LogP contribution >= 0.6 is 0 Å². The third kappa shape index (κ3) is 6.22. The molecule has 0 fully saturated rings. The fourth-order valence-electron chi connectivity index (χ4n) is 1.73. The van der Waals surface area contributed by atoms with Gasteiger partial charge < -0.3 is 24.8 Å². The molecule has 0 aliphatic carbocycles. The second kappa shape index (κ2) is 11.7. The van der Waals surface area contributed by atoms with Gasteiger partial charge in [0.1, 0.15) is 5.75 Å². The predicted molar refractivity (Wildman–Crippen MR) is 88.3 cm³/mol. The molecule has 0 aliphatic rings. The molecule has 0 bridgehead atoms. The lowest BCUT2D eigenvalue weighted by Crippen LogP contribution is -2.23. The summed E-state index contributed by atoms with van der Waals surface area (Å²) in [5.41, 5.74) is 0.394. The van der Waals surface area contributed by atoms with Gasteiger partial charge in [0.15, 0.2) is 11.5 Å². The van der Waals surface area contributed by atoms with E-state index in [9.17, 15) is 4.79 Å². The molecule has 126 valence electrons. The van der Waals surface area contributed by atoms with Crippen LogP contribution in [0, 0.1) is 0 Å². The van der Waals surface area contributed by atoms with Crippen molar-refractivity contribution in [2.45, 2.75) is 20.8 Å². The number of carbonyl (C=O) groups is 1. The van der Waals surface area contributed by atoms with E-state index in [0.29, 0.717) is 29.4 Å². The number of carbonyl (C=O) groups excluding carboxylic acids is 1. The van der Waals surface area contributed by atoms with Gasteiger partial charge in [0.05, 0.1) is 26.9 Å². The van der Waals surface area contributed by atoms with Gasteiger partial charge in [-0.25, -0.2) is 0 Å². The van der Waals surface area contributed by atoms with Crippen LogP contribution in [0.15, 0.2) is 12.1 Å². The molecule has 2 N–H and O–H groups in total. The Kier molecular flexibility index (Phi) is 10.6. The molecule has 0 heterocycles. The average Bonchev–Trinajstić information content (AvgIpc) is 2.54. The number of ether oxygens (including phenoxy) is 3. The fourth-order valence-corrected chi connectivity index (χ4v) is 1.73. The Morgan fingerprint density at radius 3 is 1.95 bits per heavy atom. The van der Waals surface area contributed by atoms with Gasteiger partial charge in [-0.3, -0.25) is 4.79 Å². The van der Waals surface area contributed by atoms with Crippen molar-refractivity contribution in [2.24, 2.45) is 0 Å². The normalized spacial score (nSPS) is 9.36. The highest BCUT2D eigenvalue weighted by atomic mass is 16.5. The molecule has 0 radical (unpaired) electrons. The quantitative estimate of drug-likeness (QED) is 0.807. The smallest absolute Gasteiger partial charge is 0.255 e. The van der Waals surface area contributed by atoms with Crippen LogP contribution in [-0.2, 0) is 0 Å². The van der Waals surface area contributed by atoms with Crippen molar-refractivity contribution in [1.82, 2.24) is 10.6 Å². The SMILES string of the molecule is CCNC(=O)c1cc(OC)cc(OC)c1OC.CCNCC. The molecular formula is C16H28N2O4. The molecule has 0 aliphatic heterocycles. The molecule has 0 unspecified atom stereocenters. The maximum atomic E-state index is 11.9. The minimum atomic E-state index is -0.221. The number of amides is 1. The van der Waals surface area contributed by atoms with E-state index in [1.807, 2.05) is 6.92 Å². The molecule has 0 spiro atoms. The Morgan fingerprint density at radius 1 is 0.955 bits per heavy atom. The van der Waals surface area contributed by atoms with Crippen LogP contribution in [0.25, 0.3) is 0 Å². The van der Waals surface area contributed by atoms with E-state index in [0.717, 1.165) is 13.1 Å². The van der Waals surface area contributed by atoms with E-state index < -0.39 is 0 Å². The molecule has 1 amide bonds. The molecule has 1 aromatic carbocycles. The van der Waals surface area contributed by atoms with Crippen LogP contribution in [-0.4, -0.2) is 46.9 Å². The van der Waals surface area contributed by atoms with Gasteiger partial charge in [0.25, 0.3) is 5.91 Å².